The van der Waals surface area contributed by atoms with Gasteiger partial charge in [0.1, 0.15) is 0 Å². The van der Waals surface area contributed by atoms with Crippen molar-refractivity contribution in [2.24, 2.45) is 5.92 Å². The molecule has 3 unspecified atom stereocenters. The van der Waals surface area contributed by atoms with Crippen LogP contribution in [0.15, 0.2) is 0 Å². The summed E-state index contributed by atoms with van der Waals surface area (Å²) in [6, 6.07) is 0.404. The third-order valence-electron chi connectivity index (χ3n) is 4.95. The van der Waals surface area contributed by atoms with Gasteiger partial charge in [-0.05, 0) is 38.0 Å². The molecule has 0 aromatic carbocycles. The van der Waals surface area contributed by atoms with E-state index < -0.39 is 5.97 Å². The van der Waals surface area contributed by atoms with E-state index in [0.29, 0.717) is 25.9 Å². The van der Waals surface area contributed by atoms with E-state index in [4.69, 9.17) is 5.11 Å². The summed E-state index contributed by atoms with van der Waals surface area (Å²) < 4.78 is 0. The standard InChI is InChI=1S/C14H22N2O4/c17-12-6-10-1-2-11(7-12)16(10)14(20)15-4-3-9(8-15)5-13(18)19/h9-12,17H,1-8H2,(H,18,19). The van der Waals surface area contributed by atoms with Crippen molar-refractivity contribution in [2.45, 2.75) is 56.7 Å². The fourth-order valence-corrected chi connectivity index (χ4v) is 4.04. The summed E-state index contributed by atoms with van der Waals surface area (Å²) in [5, 5.41) is 18.6. The van der Waals surface area contributed by atoms with E-state index in [1.807, 2.05) is 4.90 Å². The van der Waals surface area contributed by atoms with Crippen LogP contribution < -0.4 is 0 Å². The molecule has 3 atom stereocenters. The average molecular weight is 282 g/mol. The molecule has 112 valence electrons. The van der Waals surface area contributed by atoms with E-state index >= 15 is 0 Å². The highest BCUT2D eigenvalue weighted by molar-refractivity contribution is 5.76. The number of aliphatic hydroxyl groups is 1. The summed E-state index contributed by atoms with van der Waals surface area (Å²) in [4.78, 5) is 27.1. The number of aliphatic hydroxyl groups excluding tert-OH is 1. The second-order valence-corrected chi connectivity index (χ2v) is 6.40. The van der Waals surface area contributed by atoms with Gasteiger partial charge in [0.05, 0.1) is 6.10 Å². The van der Waals surface area contributed by atoms with Gasteiger partial charge in [-0.25, -0.2) is 4.79 Å². The molecule has 0 radical (unpaired) electrons. The van der Waals surface area contributed by atoms with E-state index in [1.165, 1.54) is 0 Å². The number of nitrogens with zero attached hydrogens (tertiary/aromatic N) is 2. The molecular weight excluding hydrogens is 260 g/mol. The zero-order chi connectivity index (χ0) is 14.3. The highest BCUT2D eigenvalue weighted by atomic mass is 16.4. The topological polar surface area (TPSA) is 81.1 Å². The summed E-state index contributed by atoms with van der Waals surface area (Å²) in [7, 11) is 0. The van der Waals surface area contributed by atoms with Crippen molar-refractivity contribution < 1.29 is 19.8 Å². The number of hydrogen-bond donors (Lipinski definition) is 2. The molecule has 0 saturated carbocycles. The zero-order valence-corrected chi connectivity index (χ0v) is 11.6. The summed E-state index contributed by atoms with van der Waals surface area (Å²) in [5.41, 5.74) is 0. The number of aliphatic carboxylic acids is 1. The smallest absolute Gasteiger partial charge is 0.320 e. The molecule has 3 fully saturated rings. The molecule has 2 amide bonds. The second-order valence-electron chi connectivity index (χ2n) is 6.40. The lowest BCUT2D eigenvalue weighted by atomic mass is 10.0. The Kier molecular flexibility index (Phi) is 3.58. The number of rotatable bonds is 2. The van der Waals surface area contributed by atoms with Crippen molar-refractivity contribution in [1.29, 1.82) is 0 Å². The third-order valence-corrected chi connectivity index (χ3v) is 4.95. The van der Waals surface area contributed by atoms with Gasteiger partial charge in [0.2, 0.25) is 0 Å². The van der Waals surface area contributed by atoms with Crippen LogP contribution in [-0.4, -0.2) is 63.3 Å². The maximum Gasteiger partial charge on any atom is 0.320 e. The van der Waals surface area contributed by atoms with Gasteiger partial charge in [-0.2, -0.15) is 0 Å². The number of piperidine rings is 1. The molecule has 6 heteroatoms. The van der Waals surface area contributed by atoms with Crippen molar-refractivity contribution in [3.8, 4) is 0 Å². The zero-order valence-electron chi connectivity index (χ0n) is 11.6. The highest BCUT2D eigenvalue weighted by Gasteiger charge is 2.45. The number of carbonyl (C=O) groups is 2. The van der Waals surface area contributed by atoms with Gasteiger partial charge in [-0.15, -0.1) is 0 Å². The molecule has 3 aliphatic heterocycles. The molecule has 2 N–H and O–H groups in total. The lowest BCUT2D eigenvalue weighted by molar-refractivity contribution is -0.138. The maximum absolute atomic E-state index is 12.6. The van der Waals surface area contributed by atoms with Gasteiger partial charge < -0.3 is 20.0 Å². The summed E-state index contributed by atoms with van der Waals surface area (Å²) in [5.74, 6) is -0.699. The largest absolute Gasteiger partial charge is 0.481 e. The molecule has 3 aliphatic rings. The van der Waals surface area contributed by atoms with Crippen LogP contribution >= 0.6 is 0 Å². The molecule has 0 aromatic rings. The van der Waals surface area contributed by atoms with Crippen LogP contribution in [-0.2, 0) is 4.79 Å². The first-order valence-electron chi connectivity index (χ1n) is 7.51. The number of urea groups is 1. The molecular formula is C14H22N2O4. The molecule has 3 saturated heterocycles. The quantitative estimate of drug-likeness (QED) is 0.788. The first kappa shape index (κ1) is 13.7. The number of amides is 2. The summed E-state index contributed by atoms with van der Waals surface area (Å²) in [6.45, 7) is 1.22. The van der Waals surface area contributed by atoms with E-state index in [-0.39, 0.29) is 36.6 Å². The van der Waals surface area contributed by atoms with Gasteiger partial charge in [0.25, 0.3) is 0 Å². The van der Waals surface area contributed by atoms with E-state index in [9.17, 15) is 14.7 Å². The lowest BCUT2D eigenvalue weighted by Crippen LogP contribution is -2.52. The SMILES string of the molecule is O=C(O)CC1CCN(C(=O)N2C3CCC2CC(O)C3)C1. The van der Waals surface area contributed by atoms with Gasteiger partial charge in [0, 0.05) is 31.6 Å². The maximum atomic E-state index is 12.6. The van der Waals surface area contributed by atoms with Crippen molar-refractivity contribution in [2.75, 3.05) is 13.1 Å². The van der Waals surface area contributed by atoms with Crippen LogP contribution in [0.2, 0.25) is 0 Å². The van der Waals surface area contributed by atoms with Crippen LogP contribution in [0.3, 0.4) is 0 Å². The van der Waals surface area contributed by atoms with Crippen molar-refractivity contribution >= 4 is 12.0 Å². The fourth-order valence-electron chi connectivity index (χ4n) is 4.04. The Morgan fingerprint density at radius 2 is 1.75 bits per heavy atom. The first-order valence-corrected chi connectivity index (χ1v) is 7.51. The van der Waals surface area contributed by atoms with Crippen LogP contribution in [0.4, 0.5) is 4.79 Å². The number of carbonyl (C=O) groups excluding carboxylic acids is 1. The monoisotopic (exact) mass is 282 g/mol. The van der Waals surface area contributed by atoms with Crippen molar-refractivity contribution in [1.82, 2.24) is 9.80 Å². The summed E-state index contributed by atoms with van der Waals surface area (Å²) >= 11 is 0. The lowest BCUT2D eigenvalue weighted by Gasteiger charge is -2.39. The molecule has 0 aliphatic carbocycles. The average Bonchev–Trinajstić information content (AvgIpc) is 2.92. The second kappa shape index (κ2) is 5.24. The molecule has 6 nitrogen and oxygen atoms in total. The minimum Gasteiger partial charge on any atom is -0.481 e. The van der Waals surface area contributed by atoms with Crippen molar-refractivity contribution in [3.05, 3.63) is 0 Å². The minimum absolute atomic E-state index is 0.0530. The van der Waals surface area contributed by atoms with Crippen LogP contribution in [0.25, 0.3) is 0 Å². The Bertz CT molecular complexity index is 400. The van der Waals surface area contributed by atoms with Crippen LogP contribution in [0, 0.1) is 5.92 Å². The van der Waals surface area contributed by atoms with Crippen LogP contribution in [0.1, 0.15) is 38.5 Å². The van der Waals surface area contributed by atoms with Gasteiger partial charge in [0.15, 0.2) is 0 Å². The van der Waals surface area contributed by atoms with Gasteiger partial charge in [-0.3, -0.25) is 4.79 Å². The predicted molar refractivity (Wildman–Crippen MR) is 71.2 cm³/mol. The Labute approximate surface area is 118 Å². The number of likely N-dealkylation sites (tertiary alicyclic amines) is 1. The summed E-state index contributed by atoms with van der Waals surface area (Å²) in [6.07, 6.45) is 4.01. The van der Waals surface area contributed by atoms with Gasteiger partial charge in [-0.1, -0.05) is 0 Å². The predicted octanol–water partition coefficient (Wildman–Crippen LogP) is 0.891. The molecule has 3 heterocycles. The van der Waals surface area contributed by atoms with E-state index in [0.717, 1.165) is 19.3 Å². The number of hydrogen-bond acceptors (Lipinski definition) is 3. The molecule has 20 heavy (non-hydrogen) atoms. The Balaban J connectivity index is 1.61. The minimum atomic E-state index is -0.787. The molecule has 2 bridgehead atoms. The number of carboxylic acid groups (broad SMARTS) is 1. The fraction of sp³-hybridized carbons (Fsp3) is 0.857. The van der Waals surface area contributed by atoms with Crippen LogP contribution in [0.5, 0.6) is 0 Å². The normalized spacial score (nSPS) is 36.5. The molecule has 0 spiro atoms. The van der Waals surface area contributed by atoms with Crippen molar-refractivity contribution in [3.63, 3.8) is 0 Å². The highest BCUT2D eigenvalue weighted by Crippen LogP contribution is 2.37. The first-order chi connectivity index (χ1) is 9.54. The van der Waals surface area contributed by atoms with Gasteiger partial charge >= 0.3 is 12.0 Å². The Morgan fingerprint density at radius 3 is 2.35 bits per heavy atom. The molecule has 0 aromatic heterocycles. The number of fused-ring (bicyclic) bond motifs is 2. The third kappa shape index (κ3) is 2.49. The Hall–Kier alpha value is -1.30. The number of carboxylic acids is 1. The van der Waals surface area contributed by atoms with E-state index in [1.54, 1.807) is 4.90 Å². The Morgan fingerprint density at radius 1 is 1.10 bits per heavy atom. The molecule has 3 rings (SSSR count). The van der Waals surface area contributed by atoms with E-state index in [2.05, 4.69) is 0 Å².